The lowest BCUT2D eigenvalue weighted by Crippen LogP contribution is -2.33. The molecule has 0 radical (unpaired) electrons. The summed E-state index contributed by atoms with van der Waals surface area (Å²) < 4.78 is 29.7. The summed E-state index contributed by atoms with van der Waals surface area (Å²) in [6, 6.07) is 13.8. The van der Waals surface area contributed by atoms with E-state index in [1.54, 1.807) is 16.1 Å². The van der Waals surface area contributed by atoms with Crippen LogP contribution in [0.2, 0.25) is 5.02 Å². The van der Waals surface area contributed by atoms with Crippen molar-refractivity contribution in [2.45, 2.75) is 36.3 Å². The summed E-state index contributed by atoms with van der Waals surface area (Å²) in [5.74, 6) is 0.721. The van der Waals surface area contributed by atoms with E-state index in [-0.39, 0.29) is 0 Å². The van der Waals surface area contributed by atoms with Gasteiger partial charge in [0.05, 0.1) is 0 Å². The van der Waals surface area contributed by atoms with E-state index in [4.69, 9.17) is 11.6 Å². The third-order valence-electron chi connectivity index (χ3n) is 4.50. The second kappa shape index (κ2) is 9.18. The Morgan fingerprint density at radius 2 is 1.89 bits per heavy atom. The number of thiophene rings is 1. The molecule has 0 saturated carbocycles. The van der Waals surface area contributed by atoms with Crippen LogP contribution < -0.4 is 0 Å². The molecule has 0 spiro atoms. The van der Waals surface area contributed by atoms with Crippen molar-refractivity contribution in [3.05, 3.63) is 58.6 Å². The predicted molar refractivity (Wildman–Crippen MR) is 123 cm³/mol. The first-order chi connectivity index (χ1) is 13.3. The van der Waals surface area contributed by atoms with Crippen molar-refractivity contribution in [1.82, 2.24) is 4.31 Å². The smallest absolute Gasteiger partial charge is 0.206 e. The molecule has 0 bridgehead atoms. The van der Waals surface area contributed by atoms with E-state index in [1.807, 2.05) is 38.1 Å². The molecule has 1 aromatic heterocycles. The van der Waals surface area contributed by atoms with Crippen LogP contribution in [-0.4, -0.2) is 31.6 Å². The maximum atomic E-state index is 13.4. The number of nitrogens with zero attached hydrogens (tertiary/aromatic N) is 1. The van der Waals surface area contributed by atoms with Gasteiger partial charge < -0.3 is 0 Å². The van der Waals surface area contributed by atoms with E-state index in [0.717, 1.165) is 27.8 Å². The van der Waals surface area contributed by atoms with Crippen molar-refractivity contribution in [2.75, 3.05) is 18.8 Å². The average Bonchev–Trinajstić information content (AvgIpc) is 2.97. The first-order valence-corrected chi connectivity index (χ1v) is 12.8. The van der Waals surface area contributed by atoms with Crippen LogP contribution in [0.4, 0.5) is 0 Å². The summed E-state index contributed by atoms with van der Waals surface area (Å²) in [6.45, 7) is 6.96. The van der Waals surface area contributed by atoms with Crippen molar-refractivity contribution >= 4 is 54.8 Å². The number of hydrogen-bond donors (Lipinski definition) is 0. The fraction of sp³-hybridized carbons (Fsp3) is 0.333. The van der Waals surface area contributed by atoms with Gasteiger partial charge in [0.2, 0.25) is 0 Å². The minimum absolute atomic E-state index is 0.429. The van der Waals surface area contributed by atoms with Gasteiger partial charge in [0.25, 0.3) is 10.0 Å². The molecule has 0 aliphatic heterocycles. The van der Waals surface area contributed by atoms with Gasteiger partial charge in [-0.1, -0.05) is 42.3 Å². The molecule has 7 heteroatoms. The summed E-state index contributed by atoms with van der Waals surface area (Å²) >= 11 is 9.09. The number of rotatable bonds is 8. The number of fused-ring (bicyclic) bond motifs is 1. The van der Waals surface area contributed by atoms with Crippen LogP contribution in [0.5, 0.6) is 0 Å². The summed E-state index contributed by atoms with van der Waals surface area (Å²) in [5, 5.41) is 1.58. The molecule has 1 heterocycles. The monoisotopic (exact) mass is 453 g/mol. The molecule has 0 aliphatic carbocycles. The molecular formula is C21H24ClNO2S3. The Hall–Kier alpha value is -1.05. The van der Waals surface area contributed by atoms with Crippen molar-refractivity contribution < 1.29 is 8.42 Å². The Morgan fingerprint density at radius 1 is 1.11 bits per heavy atom. The van der Waals surface area contributed by atoms with Crippen LogP contribution in [0.25, 0.3) is 10.1 Å². The number of halogens is 1. The number of hydrogen-bond acceptors (Lipinski definition) is 4. The number of aryl methyl sites for hydroxylation is 2. The lowest BCUT2D eigenvalue weighted by molar-refractivity contribution is 0.430. The van der Waals surface area contributed by atoms with Crippen molar-refractivity contribution in [2.24, 2.45) is 0 Å². The van der Waals surface area contributed by atoms with Gasteiger partial charge in [-0.05, 0) is 55.5 Å². The van der Waals surface area contributed by atoms with Crippen molar-refractivity contribution in [3.63, 3.8) is 0 Å². The highest BCUT2D eigenvalue weighted by atomic mass is 35.5. The zero-order valence-corrected chi connectivity index (χ0v) is 19.4. The number of thioether (sulfide) groups is 1. The Morgan fingerprint density at radius 3 is 2.61 bits per heavy atom. The molecule has 0 atom stereocenters. The van der Waals surface area contributed by atoms with Gasteiger partial charge in [-0.2, -0.15) is 4.31 Å². The fourth-order valence-corrected chi connectivity index (χ4v) is 7.93. The van der Waals surface area contributed by atoms with Crippen molar-refractivity contribution in [3.8, 4) is 0 Å². The maximum absolute atomic E-state index is 13.4. The van der Waals surface area contributed by atoms with E-state index in [2.05, 4.69) is 25.1 Å². The highest BCUT2D eigenvalue weighted by molar-refractivity contribution is 7.99. The molecule has 0 unspecified atom stereocenters. The van der Waals surface area contributed by atoms with E-state index in [1.165, 1.54) is 21.8 Å². The van der Waals surface area contributed by atoms with Gasteiger partial charge in [-0.15, -0.1) is 23.1 Å². The molecule has 150 valence electrons. The first kappa shape index (κ1) is 21.7. The summed E-state index contributed by atoms with van der Waals surface area (Å²) in [6.07, 6.45) is 0.782. The van der Waals surface area contributed by atoms with Gasteiger partial charge in [0.15, 0.2) is 0 Å². The second-order valence-electron chi connectivity index (χ2n) is 6.72. The van der Waals surface area contributed by atoms with Crippen LogP contribution >= 0.6 is 34.7 Å². The van der Waals surface area contributed by atoms with Crippen LogP contribution in [-0.2, 0) is 10.0 Å². The summed E-state index contributed by atoms with van der Waals surface area (Å²) in [5.41, 5.74) is 2.02. The Bertz CT molecular complexity index is 1080. The van der Waals surface area contributed by atoms with Crippen LogP contribution in [0.1, 0.15) is 24.5 Å². The molecule has 0 saturated heterocycles. The fourth-order valence-electron chi connectivity index (χ4n) is 3.11. The first-order valence-electron chi connectivity index (χ1n) is 9.21. The Labute approximate surface area is 180 Å². The number of sulfonamides is 1. The van der Waals surface area contributed by atoms with E-state index in [9.17, 15) is 8.42 Å². The minimum Gasteiger partial charge on any atom is -0.206 e. The lowest BCUT2D eigenvalue weighted by Gasteiger charge is -2.21. The maximum Gasteiger partial charge on any atom is 0.252 e. The van der Waals surface area contributed by atoms with Gasteiger partial charge >= 0.3 is 0 Å². The molecule has 3 aromatic rings. The zero-order valence-electron chi connectivity index (χ0n) is 16.2. The van der Waals surface area contributed by atoms with Crippen molar-refractivity contribution in [1.29, 1.82) is 0 Å². The summed E-state index contributed by atoms with van der Waals surface area (Å²) in [7, 11) is -3.54. The van der Waals surface area contributed by atoms with Gasteiger partial charge in [0, 0.05) is 33.5 Å². The SMILES string of the molecule is CCCN(CCSc1cccc(C)c1)S(=O)(=O)c1sc2cc(Cl)ccc2c1C. The third kappa shape index (κ3) is 4.74. The Kier molecular flexibility index (Phi) is 7.10. The van der Waals surface area contributed by atoms with Gasteiger partial charge in [-0.3, -0.25) is 0 Å². The van der Waals surface area contributed by atoms with Crippen LogP contribution in [0.3, 0.4) is 0 Å². The van der Waals surface area contributed by atoms with Crippen LogP contribution in [0, 0.1) is 13.8 Å². The molecule has 3 nitrogen and oxygen atoms in total. The third-order valence-corrected chi connectivity index (χ3v) is 9.46. The zero-order chi connectivity index (χ0) is 20.3. The minimum atomic E-state index is -3.54. The molecule has 3 rings (SSSR count). The molecule has 0 amide bonds. The molecule has 0 fully saturated rings. The predicted octanol–water partition coefficient (Wildman–Crippen LogP) is 6.36. The Balaban J connectivity index is 1.83. The molecule has 0 N–H and O–H groups in total. The average molecular weight is 454 g/mol. The van der Waals surface area contributed by atoms with E-state index < -0.39 is 10.0 Å². The topological polar surface area (TPSA) is 37.4 Å². The standard InChI is InChI=1S/C21H24ClNO2S3/c1-4-10-23(11-12-26-18-7-5-6-15(2)13-18)28(24,25)21-16(3)19-9-8-17(22)14-20(19)27-21/h5-9,13-14H,4,10-12H2,1-3H3. The molecular weight excluding hydrogens is 430 g/mol. The lowest BCUT2D eigenvalue weighted by atomic mass is 10.2. The molecule has 2 aromatic carbocycles. The summed E-state index contributed by atoms with van der Waals surface area (Å²) in [4.78, 5) is 1.17. The highest BCUT2D eigenvalue weighted by Gasteiger charge is 2.28. The second-order valence-corrected chi connectivity index (χ2v) is 11.5. The molecule has 0 aliphatic rings. The van der Waals surface area contributed by atoms with E-state index in [0.29, 0.717) is 22.3 Å². The van der Waals surface area contributed by atoms with Crippen LogP contribution in [0.15, 0.2) is 51.6 Å². The van der Waals surface area contributed by atoms with Gasteiger partial charge in [0.1, 0.15) is 4.21 Å². The van der Waals surface area contributed by atoms with E-state index >= 15 is 0 Å². The van der Waals surface area contributed by atoms with Gasteiger partial charge in [-0.25, -0.2) is 8.42 Å². The number of benzene rings is 2. The highest BCUT2D eigenvalue weighted by Crippen LogP contribution is 2.37. The molecule has 28 heavy (non-hydrogen) atoms. The quantitative estimate of drug-likeness (QED) is 0.372. The largest absolute Gasteiger partial charge is 0.252 e. The normalized spacial score (nSPS) is 12.2.